The van der Waals surface area contributed by atoms with Crippen molar-refractivity contribution in [1.82, 2.24) is 4.98 Å². The summed E-state index contributed by atoms with van der Waals surface area (Å²) in [7, 11) is 0. The molecule has 118 valence electrons. The molecule has 0 aromatic carbocycles. The van der Waals surface area contributed by atoms with Gasteiger partial charge in [0, 0.05) is 12.5 Å². The first-order valence-electron chi connectivity index (χ1n) is 5.76. The summed E-state index contributed by atoms with van der Waals surface area (Å²) in [6.07, 6.45) is 0.0683. The number of anilines is 1. The van der Waals surface area contributed by atoms with Gasteiger partial charge in [0.15, 0.2) is 5.82 Å². The zero-order valence-electron chi connectivity index (χ0n) is 10.9. The topological polar surface area (TPSA) is 151 Å². The Hall–Kier alpha value is -2.75. The fraction of sp³-hybridized carbons (Fsp3) is 0.273. The average Bonchev–Trinajstić information content (AvgIpc) is 2.43. The largest absolute Gasteiger partial charge is 0.481 e. The van der Waals surface area contributed by atoms with Crippen LogP contribution in [0, 0.1) is 10.1 Å². The zero-order valence-corrected chi connectivity index (χ0v) is 11.6. The maximum Gasteiger partial charge on any atom is 0.326 e. The Morgan fingerprint density at radius 1 is 1.50 bits per heavy atom. The first-order valence-corrected chi connectivity index (χ1v) is 6.14. The van der Waals surface area contributed by atoms with Crippen LogP contribution in [0.5, 0.6) is 0 Å². The van der Waals surface area contributed by atoms with Crippen molar-refractivity contribution in [3.63, 3.8) is 0 Å². The third kappa shape index (κ3) is 4.12. The third-order valence-electron chi connectivity index (χ3n) is 2.63. The minimum Gasteiger partial charge on any atom is -0.481 e. The van der Waals surface area contributed by atoms with Crippen molar-refractivity contribution in [2.75, 3.05) is 4.90 Å². The Morgan fingerprint density at radius 2 is 2.14 bits per heavy atom. The van der Waals surface area contributed by atoms with E-state index in [9.17, 15) is 24.5 Å². The quantitative estimate of drug-likeness (QED) is 0.405. The van der Waals surface area contributed by atoms with Gasteiger partial charge in [0.2, 0.25) is 6.41 Å². The number of amides is 1. The summed E-state index contributed by atoms with van der Waals surface area (Å²) in [6.45, 7) is 0. The highest BCUT2D eigenvalue weighted by atomic mass is 35.5. The van der Waals surface area contributed by atoms with Crippen LogP contribution in [0.2, 0.25) is 5.02 Å². The van der Waals surface area contributed by atoms with Crippen LogP contribution >= 0.6 is 11.6 Å². The van der Waals surface area contributed by atoms with E-state index in [1.54, 1.807) is 0 Å². The molecule has 0 bridgehead atoms. The van der Waals surface area contributed by atoms with Crippen molar-refractivity contribution in [1.29, 1.82) is 0 Å². The van der Waals surface area contributed by atoms with Crippen LogP contribution in [0.3, 0.4) is 0 Å². The van der Waals surface area contributed by atoms with Crippen molar-refractivity contribution >= 4 is 41.5 Å². The van der Waals surface area contributed by atoms with Gasteiger partial charge in [-0.2, -0.15) is 0 Å². The molecule has 0 unspecified atom stereocenters. The van der Waals surface area contributed by atoms with E-state index in [4.69, 9.17) is 21.8 Å². The highest BCUT2D eigenvalue weighted by Crippen LogP contribution is 2.28. The number of aromatic nitrogens is 1. The Morgan fingerprint density at radius 3 is 2.55 bits per heavy atom. The van der Waals surface area contributed by atoms with Crippen molar-refractivity contribution in [3.8, 4) is 0 Å². The van der Waals surface area contributed by atoms with Crippen molar-refractivity contribution in [3.05, 3.63) is 27.4 Å². The van der Waals surface area contributed by atoms with Crippen LogP contribution in [0.1, 0.15) is 12.8 Å². The smallest absolute Gasteiger partial charge is 0.326 e. The molecule has 0 saturated carbocycles. The van der Waals surface area contributed by atoms with Crippen LogP contribution in [-0.4, -0.2) is 44.5 Å². The number of carboxylic acid groups (broad SMARTS) is 2. The first-order chi connectivity index (χ1) is 10.3. The van der Waals surface area contributed by atoms with Gasteiger partial charge in [-0.15, -0.1) is 0 Å². The van der Waals surface area contributed by atoms with E-state index >= 15 is 0 Å². The summed E-state index contributed by atoms with van der Waals surface area (Å²) in [6, 6.07) is -0.601. The van der Waals surface area contributed by atoms with Gasteiger partial charge in [0.1, 0.15) is 12.2 Å². The van der Waals surface area contributed by atoms with E-state index in [2.05, 4.69) is 4.98 Å². The summed E-state index contributed by atoms with van der Waals surface area (Å²) in [5, 5.41) is 28.0. The second-order valence-electron chi connectivity index (χ2n) is 4.06. The Bertz CT molecular complexity index is 622. The zero-order chi connectivity index (χ0) is 16.9. The molecule has 2 N–H and O–H groups in total. The van der Waals surface area contributed by atoms with Crippen molar-refractivity contribution < 1.29 is 29.5 Å². The molecule has 1 aromatic heterocycles. The third-order valence-corrected chi connectivity index (χ3v) is 2.91. The normalized spacial score (nSPS) is 11.5. The predicted molar refractivity (Wildman–Crippen MR) is 72.7 cm³/mol. The standard InChI is InChI=1S/C11H10ClN3O7/c12-7-3-6(15(21)22)4-13-10(7)14(5-16)8(11(19)20)1-2-9(17)18/h3-5,8H,1-2H2,(H,17,18)(H,19,20)/t8-/m0/s1. The van der Waals surface area contributed by atoms with Gasteiger partial charge in [-0.1, -0.05) is 11.6 Å². The molecule has 0 aliphatic rings. The lowest BCUT2D eigenvalue weighted by molar-refractivity contribution is -0.385. The lowest BCUT2D eigenvalue weighted by Gasteiger charge is -2.24. The minimum absolute atomic E-state index is 0.126. The number of carbonyl (C=O) groups excluding carboxylic acids is 1. The van der Waals surface area contributed by atoms with Crippen LogP contribution in [-0.2, 0) is 14.4 Å². The van der Waals surface area contributed by atoms with E-state index < -0.39 is 35.0 Å². The molecule has 22 heavy (non-hydrogen) atoms. The lowest BCUT2D eigenvalue weighted by atomic mass is 10.1. The van der Waals surface area contributed by atoms with Gasteiger partial charge in [-0.3, -0.25) is 24.6 Å². The lowest BCUT2D eigenvalue weighted by Crippen LogP contribution is -2.41. The SMILES string of the molecule is O=CN(c1ncc([N+](=O)[O-])cc1Cl)[C@@H](CCC(=O)O)C(=O)O. The van der Waals surface area contributed by atoms with Crippen molar-refractivity contribution in [2.45, 2.75) is 18.9 Å². The number of pyridine rings is 1. The summed E-state index contributed by atoms with van der Waals surface area (Å²) in [5.74, 6) is -3.00. The van der Waals surface area contributed by atoms with Gasteiger partial charge in [0.05, 0.1) is 9.95 Å². The first kappa shape index (κ1) is 17.3. The van der Waals surface area contributed by atoms with Crippen LogP contribution < -0.4 is 4.90 Å². The van der Waals surface area contributed by atoms with Gasteiger partial charge >= 0.3 is 11.9 Å². The van der Waals surface area contributed by atoms with E-state index in [0.29, 0.717) is 4.90 Å². The number of rotatable bonds is 8. The summed E-state index contributed by atoms with van der Waals surface area (Å²) >= 11 is 5.78. The number of nitro groups is 1. The number of hydrogen-bond acceptors (Lipinski definition) is 6. The molecule has 0 aliphatic carbocycles. The Kier molecular flexibility index (Phi) is 5.75. The van der Waals surface area contributed by atoms with E-state index in [-0.39, 0.29) is 23.7 Å². The fourth-order valence-corrected chi connectivity index (χ4v) is 1.88. The average molecular weight is 332 g/mol. The van der Waals surface area contributed by atoms with Gasteiger partial charge in [0.25, 0.3) is 5.69 Å². The maximum absolute atomic E-state index is 11.2. The number of aliphatic carboxylic acids is 2. The number of hydrogen-bond donors (Lipinski definition) is 2. The monoisotopic (exact) mass is 331 g/mol. The number of carbonyl (C=O) groups is 3. The molecule has 0 spiro atoms. The fourth-order valence-electron chi connectivity index (χ4n) is 1.62. The van der Waals surface area contributed by atoms with E-state index in [1.165, 1.54) is 0 Å². The molecular formula is C11H10ClN3O7. The molecule has 0 radical (unpaired) electrons. The van der Waals surface area contributed by atoms with E-state index in [1.807, 2.05) is 0 Å². The second kappa shape index (κ2) is 7.31. The van der Waals surface area contributed by atoms with Gasteiger partial charge in [-0.05, 0) is 6.42 Å². The van der Waals surface area contributed by atoms with E-state index in [0.717, 1.165) is 12.3 Å². The van der Waals surface area contributed by atoms with Gasteiger partial charge < -0.3 is 10.2 Å². The Labute approximate surface area is 128 Å². The number of carboxylic acids is 2. The summed E-state index contributed by atoms with van der Waals surface area (Å²) in [4.78, 5) is 47.0. The Balaban J connectivity index is 3.16. The van der Waals surface area contributed by atoms with Gasteiger partial charge in [-0.25, -0.2) is 9.78 Å². The number of nitrogens with zero attached hydrogens (tertiary/aromatic N) is 3. The maximum atomic E-state index is 11.2. The molecule has 1 aromatic rings. The van der Waals surface area contributed by atoms with Crippen LogP contribution in [0.4, 0.5) is 11.5 Å². The van der Waals surface area contributed by atoms with Crippen LogP contribution in [0.15, 0.2) is 12.3 Å². The molecule has 1 rings (SSSR count). The molecule has 11 heteroatoms. The molecule has 1 atom stereocenters. The predicted octanol–water partition coefficient (Wildman–Crippen LogP) is 0.924. The molecule has 1 amide bonds. The molecule has 10 nitrogen and oxygen atoms in total. The molecule has 0 saturated heterocycles. The summed E-state index contributed by atoms with van der Waals surface area (Å²) < 4.78 is 0. The van der Waals surface area contributed by atoms with Crippen LogP contribution in [0.25, 0.3) is 0 Å². The highest BCUT2D eigenvalue weighted by Gasteiger charge is 2.29. The molecule has 0 aliphatic heterocycles. The molecule has 1 heterocycles. The highest BCUT2D eigenvalue weighted by molar-refractivity contribution is 6.33. The molecular weight excluding hydrogens is 322 g/mol. The minimum atomic E-state index is -1.51. The molecule has 0 fully saturated rings. The second-order valence-corrected chi connectivity index (χ2v) is 4.46. The number of halogens is 1. The van der Waals surface area contributed by atoms with Crippen molar-refractivity contribution in [2.24, 2.45) is 0 Å². The summed E-state index contributed by atoms with van der Waals surface area (Å²) in [5.41, 5.74) is -0.433.